The number of hydrogen-bond acceptors (Lipinski definition) is 15. The summed E-state index contributed by atoms with van der Waals surface area (Å²) in [5.74, 6) is 0.839. The van der Waals surface area contributed by atoms with Crippen molar-refractivity contribution < 1.29 is 42.7 Å². The van der Waals surface area contributed by atoms with Gasteiger partial charge in [0.1, 0.15) is 5.75 Å². The van der Waals surface area contributed by atoms with E-state index in [-0.39, 0.29) is 36.0 Å². The van der Waals surface area contributed by atoms with E-state index < -0.39 is 29.0 Å². The van der Waals surface area contributed by atoms with Crippen molar-refractivity contribution in [2.45, 2.75) is 79.9 Å². The molecule has 20 heteroatoms. The average molecular weight is 1020 g/mol. The van der Waals surface area contributed by atoms with Gasteiger partial charge in [-0.25, -0.2) is 0 Å². The number of nitrogens with two attached hydrogens (primary N) is 4. The Kier molecular flexibility index (Phi) is 21.2. The number of hydrogen-bond donors (Lipinski definition) is 8. The van der Waals surface area contributed by atoms with Crippen LogP contribution in [0.1, 0.15) is 90.9 Å². The number of carbonyl (C=O) groups is 4. The molecule has 0 aliphatic carbocycles. The number of ether oxygens (including phenoxy) is 4. The van der Waals surface area contributed by atoms with Crippen LogP contribution in [-0.2, 0) is 46.7 Å². The van der Waals surface area contributed by atoms with Gasteiger partial charge in [-0.3, -0.25) is 29.1 Å². The summed E-state index contributed by atoms with van der Waals surface area (Å²) in [4.78, 5) is 57.7. The van der Waals surface area contributed by atoms with Crippen LogP contribution in [0, 0.1) is 0 Å². The summed E-state index contributed by atoms with van der Waals surface area (Å²) in [6.45, 7) is 14.0. The monoisotopic (exact) mass is 1020 g/mol. The predicted molar refractivity (Wildman–Crippen MR) is 288 cm³/mol. The minimum Gasteiger partial charge on any atom is -0.617 e. The zero-order chi connectivity index (χ0) is 53.2. The second kappa shape index (κ2) is 27.4. The fourth-order valence-electron chi connectivity index (χ4n) is 8.06. The molecule has 0 aliphatic heterocycles. The van der Waals surface area contributed by atoms with Crippen molar-refractivity contribution in [3.05, 3.63) is 106 Å². The van der Waals surface area contributed by atoms with Crippen molar-refractivity contribution in [1.82, 2.24) is 20.6 Å². The molecule has 6 rings (SSSR count). The van der Waals surface area contributed by atoms with Gasteiger partial charge in [0.25, 0.3) is 11.8 Å². The third-order valence-electron chi connectivity index (χ3n) is 11.5. The summed E-state index contributed by atoms with van der Waals surface area (Å²) in [7, 11) is 0. The molecule has 2 aromatic heterocycles. The zero-order valence-corrected chi connectivity index (χ0v) is 43.4. The first-order chi connectivity index (χ1) is 35.1. The van der Waals surface area contributed by atoms with Crippen LogP contribution in [0.2, 0.25) is 0 Å². The number of nitrogens with one attached hydrogen (secondary N) is 4. The lowest BCUT2D eigenvalue weighted by atomic mass is 10.0. The number of primary amides is 2. The lowest BCUT2D eigenvalue weighted by Crippen LogP contribution is -2.41. The highest BCUT2D eigenvalue weighted by Crippen LogP contribution is 2.40. The van der Waals surface area contributed by atoms with Crippen LogP contribution in [0.5, 0.6) is 23.0 Å². The van der Waals surface area contributed by atoms with Gasteiger partial charge in [0.15, 0.2) is 23.0 Å². The third-order valence-corrected chi connectivity index (χ3v) is 12.3. The van der Waals surface area contributed by atoms with Crippen LogP contribution < -0.4 is 63.1 Å². The number of benzene rings is 4. The highest BCUT2D eigenvalue weighted by atomic mass is 32.2. The van der Waals surface area contributed by atoms with E-state index in [2.05, 4.69) is 31.2 Å². The highest BCUT2D eigenvalue weighted by molar-refractivity contribution is 7.90. The molecule has 390 valence electrons. The Balaban J connectivity index is 0.000000273. The molecule has 19 nitrogen and oxygen atoms in total. The molecule has 0 fully saturated rings. The van der Waals surface area contributed by atoms with Crippen molar-refractivity contribution in [3.8, 4) is 23.0 Å². The first-order valence-corrected chi connectivity index (χ1v) is 26.0. The molecule has 12 N–H and O–H groups in total. The van der Waals surface area contributed by atoms with Crippen molar-refractivity contribution in [3.63, 3.8) is 0 Å². The molecule has 0 saturated carbocycles. The minimum absolute atomic E-state index is 0.0731. The van der Waals surface area contributed by atoms with E-state index in [0.29, 0.717) is 114 Å². The van der Waals surface area contributed by atoms with Gasteiger partial charge in [0.05, 0.1) is 78.8 Å². The van der Waals surface area contributed by atoms with Crippen molar-refractivity contribution in [2.75, 3.05) is 55.6 Å². The highest BCUT2D eigenvalue weighted by Gasteiger charge is 2.22. The Labute approximate surface area is 429 Å². The Morgan fingerprint density at radius 1 is 0.644 bits per heavy atom. The van der Waals surface area contributed by atoms with E-state index in [1.807, 2.05) is 84.0 Å². The average Bonchev–Trinajstić information content (AvgIpc) is 3.37. The lowest BCUT2D eigenvalue weighted by molar-refractivity contribution is -0.122. The number of fused-ring (bicyclic) bond motifs is 2. The van der Waals surface area contributed by atoms with Gasteiger partial charge >= 0.3 is 0 Å². The van der Waals surface area contributed by atoms with E-state index in [0.717, 1.165) is 33.6 Å². The van der Waals surface area contributed by atoms with E-state index in [1.54, 1.807) is 24.5 Å². The molecule has 2 atom stereocenters. The molecule has 2 unspecified atom stereocenters. The molecule has 73 heavy (non-hydrogen) atoms. The number of aromatic nitrogens is 2. The molecule has 4 aromatic carbocycles. The number of anilines is 4. The molecule has 0 aliphatic rings. The SMILES string of the molecule is CCOc1cc2ncc(C(N)=O)c(Nc3cccc(CNC(=O)C(N)CC[S+](C)[O-])c3CC)c2cc1OCC.CCOc1cc2ncc(C(N)=O)c(Nc3cccc(CNC(=O)CN)c3CC)c2cc1OCC. The maximum Gasteiger partial charge on any atom is 0.252 e. The maximum atomic E-state index is 12.5. The quantitative estimate of drug-likeness (QED) is 0.0298. The van der Waals surface area contributed by atoms with Crippen LogP contribution in [0.3, 0.4) is 0 Å². The molecular formula is C53H68N10O9S. The second-order valence-corrected chi connectivity index (χ2v) is 18.0. The molecule has 0 saturated heterocycles. The van der Waals surface area contributed by atoms with E-state index in [9.17, 15) is 23.7 Å². The molecule has 2 heterocycles. The fraction of sp³-hybridized carbons (Fsp3) is 0.358. The largest absolute Gasteiger partial charge is 0.617 e. The van der Waals surface area contributed by atoms with Gasteiger partial charge in [-0.05, 0) is 87.1 Å². The first kappa shape index (κ1) is 56.5. The van der Waals surface area contributed by atoms with E-state index in [4.69, 9.17) is 41.9 Å². The van der Waals surface area contributed by atoms with Crippen LogP contribution in [0.25, 0.3) is 21.8 Å². The maximum absolute atomic E-state index is 12.5. The number of amides is 4. The summed E-state index contributed by atoms with van der Waals surface area (Å²) in [6, 6.07) is 17.9. The van der Waals surface area contributed by atoms with Crippen molar-refractivity contribution >= 4 is 79.4 Å². The number of rotatable bonds is 25. The van der Waals surface area contributed by atoms with Crippen LogP contribution >= 0.6 is 0 Å². The standard InChI is InChI=1S/C28H37N5O5S.C25H31N5O4/c1-5-18-17(15-32-28(35)21(29)11-12-39(4)36)9-8-10-22(18)33-26-19-13-24(37-6-2)25(38-7-3)14-23(19)31-16-20(26)27(30)34;1-4-16-15(13-29-23(31)12-26)8-7-9-19(16)30-24-17-10-21(33-5-2)22(34-6-3)11-20(17)28-14-18(24)25(27)32/h8-10,13-14,16,21H,5-7,11-12,15,29H2,1-4H3,(H2,30,34)(H,31,33)(H,32,35);7-11,14H,4-6,12-13,26H2,1-3H3,(H2,27,32)(H,28,30)(H,29,31). The Morgan fingerprint density at radius 3 is 1.42 bits per heavy atom. The first-order valence-electron chi connectivity index (χ1n) is 24.2. The Bertz CT molecular complexity index is 2900. The molecule has 0 spiro atoms. The predicted octanol–water partition coefficient (Wildman–Crippen LogP) is 6.16. The fourth-order valence-corrected chi connectivity index (χ4v) is 8.64. The van der Waals surface area contributed by atoms with Gasteiger partial charge < -0.3 is 67.7 Å². The van der Waals surface area contributed by atoms with Gasteiger partial charge in [-0.1, -0.05) is 49.3 Å². The summed E-state index contributed by atoms with van der Waals surface area (Å²) in [5, 5.41) is 13.8. The second-order valence-electron chi connectivity index (χ2n) is 16.4. The summed E-state index contributed by atoms with van der Waals surface area (Å²) in [6.07, 6.45) is 6.19. The minimum atomic E-state index is -1.01. The van der Waals surface area contributed by atoms with Crippen LogP contribution in [0.4, 0.5) is 22.7 Å². The summed E-state index contributed by atoms with van der Waals surface area (Å²) < 4.78 is 34.4. The summed E-state index contributed by atoms with van der Waals surface area (Å²) in [5.41, 5.74) is 30.9. The van der Waals surface area contributed by atoms with E-state index >= 15 is 0 Å². The van der Waals surface area contributed by atoms with Gasteiger partial charge in [0, 0.05) is 66.2 Å². The van der Waals surface area contributed by atoms with Gasteiger partial charge in [-0.2, -0.15) is 0 Å². The molecular weight excluding hydrogens is 953 g/mol. The summed E-state index contributed by atoms with van der Waals surface area (Å²) >= 11 is -1.01. The van der Waals surface area contributed by atoms with Crippen LogP contribution in [0.15, 0.2) is 73.1 Å². The topological polar surface area (TPSA) is 306 Å². The number of carbonyl (C=O) groups excluding carboxylic acids is 4. The smallest absolute Gasteiger partial charge is 0.252 e. The Hall–Kier alpha value is -7.39. The number of pyridine rings is 2. The van der Waals surface area contributed by atoms with E-state index in [1.165, 1.54) is 12.4 Å². The Morgan fingerprint density at radius 2 is 1.05 bits per heavy atom. The van der Waals surface area contributed by atoms with Crippen molar-refractivity contribution in [2.24, 2.45) is 22.9 Å². The third kappa shape index (κ3) is 14.6. The molecule has 0 bridgehead atoms. The normalized spacial score (nSPS) is 11.7. The molecule has 4 amide bonds. The van der Waals surface area contributed by atoms with Crippen LogP contribution in [-0.4, -0.2) is 89.2 Å². The van der Waals surface area contributed by atoms with Gasteiger partial charge in [0.2, 0.25) is 11.8 Å². The van der Waals surface area contributed by atoms with Crippen molar-refractivity contribution in [1.29, 1.82) is 0 Å². The number of nitrogens with zero attached hydrogens (tertiary/aromatic N) is 2. The lowest BCUT2D eigenvalue weighted by Gasteiger charge is -2.20. The zero-order valence-electron chi connectivity index (χ0n) is 42.6. The molecule has 6 aromatic rings. The molecule has 0 radical (unpaired) electrons. The van der Waals surface area contributed by atoms with Gasteiger partial charge in [-0.15, -0.1) is 0 Å².